The molecule has 5 nitrogen and oxygen atoms in total. The molecule has 1 atom stereocenters. The van der Waals surface area contributed by atoms with Gasteiger partial charge in [-0.05, 0) is 48.0 Å². The minimum absolute atomic E-state index is 0.456. The fourth-order valence-corrected chi connectivity index (χ4v) is 2.73. The van der Waals surface area contributed by atoms with E-state index in [9.17, 15) is 4.79 Å². The molecule has 0 bridgehead atoms. The van der Waals surface area contributed by atoms with Gasteiger partial charge < -0.3 is 14.0 Å². The number of hydrogen-bond donors (Lipinski definition) is 0. The summed E-state index contributed by atoms with van der Waals surface area (Å²) in [6, 6.07) is 0. The molecule has 0 spiro atoms. The van der Waals surface area contributed by atoms with Crippen molar-refractivity contribution < 1.29 is 18.8 Å². The first-order chi connectivity index (χ1) is 10.0. The van der Waals surface area contributed by atoms with Gasteiger partial charge in [0.05, 0.1) is 11.2 Å². The SMILES string of the molecule is CC(C)(C)OC(=O)B1OC(C)(C)C(C)(CN2CC=CCC2)O1. The Balaban J connectivity index is 2.05. The molecule has 0 aliphatic carbocycles. The molecule has 0 amide bonds. The molecule has 0 aromatic heterocycles. The first-order valence-corrected chi connectivity index (χ1v) is 7.98. The van der Waals surface area contributed by atoms with Gasteiger partial charge in [-0.1, -0.05) is 12.2 Å². The van der Waals surface area contributed by atoms with Crippen LogP contribution in [-0.4, -0.2) is 54.3 Å². The summed E-state index contributed by atoms with van der Waals surface area (Å²) in [6.07, 6.45) is 5.41. The third kappa shape index (κ3) is 3.92. The van der Waals surface area contributed by atoms with E-state index in [0.717, 1.165) is 26.1 Å². The molecule has 2 heterocycles. The number of carbonyl (C=O) groups excluding carboxylic acids is 1. The van der Waals surface area contributed by atoms with E-state index in [1.54, 1.807) is 0 Å². The van der Waals surface area contributed by atoms with Crippen LogP contribution in [0.5, 0.6) is 0 Å². The van der Waals surface area contributed by atoms with E-state index in [1.807, 2.05) is 41.5 Å². The zero-order valence-electron chi connectivity index (χ0n) is 14.6. The topological polar surface area (TPSA) is 48.0 Å². The lowest BCUT2D eigenvalue weighted by Gasteiger charge is -2.40. The highest BCUT2D eigenvalue weighted by Gasteiger charge is 2.58. The van der Waals surface area contributed by atoms with Gasteiger partial charge in [0.25, 0.3) is 0 Å². The molecule has 0 saturated carbocycles. The smallest absolute Gasteiger partial charge is 0.463 e. The van der Waals surface area contributed by atoms with Crippen LogP contribution in [0.2, 0.25) is 0 Å². The number of hydrogen-bond acceptors (Lipinski definition) is 5. The number of carbonyl (C=O) groups is 1. The van der Waals surface area contributed by atoms with Crippen molar-refractivity contribution in [3.63, 3.8) is 0 Å². The molecular formula is C16H28BNO4. The zero-order chi connectivity index (χ0) is 16.6. The highest BCUT2D eigenvalue weighted by molar-refractivity contribution is 6.79. The normalized spacial score (nSPS) is 28.9. The third-order valence-corrected chi connectivity index (χ3v) is 4.31. The second-order valence-electron chi connectivity index (χ2n) is 7.84. The molecule has 22 heavy (non-hydrogen) atoms. The molecule has 2 rings (SSSR count). The molecule has 0 radical (unpaired) electrons. The molecule has 1 unspecified atom stereocenters. The summed E-state index contributed by atoms with van der Waals surface area (Å²) in [6.45, 7) is 14.1. The third-order valence-electron chi connectivity index (χ3n) is 4.31. The highest BCUT2D eigenvalue weighted by atomic mass is 16.7. The first kappa shape index (κ1) is 17.5. The average molecular weight is 309 g/mol. The predicted octanol–water partition coefficient (Wildman–Crippen LogP) is 2.84. The lowest BCUT2D eigenvalue weighted by Crippen LogP contribution is -2.53. The Labute approximate surface area is 134 Å². The summed E-state index contributed by atoms with van der Waals surface area (Å²) in [5.74, 6) is -0.456. The predicted molar refractivity (Wildman–Crippen MR) is 86.8 cm³/mol. The summed E-state index contributed by atoms with van der Waals surface area (Å²) in [5, 5.41) is 0. The minimum Gasteiger partial charge on any atom is -0.463 e. The largest absolute Gasteiger partial charge is 0.585 e. The van der Waals surface area contributed by atoms with Gasteiger partial charge >= 0.3 is 13.0 Å². The van der Waals surface area contributed by atoms with E-state index < -0.39 is 29.8 Å². The van der Waals surface area contributed by atoms with Gasteiger partial charge in [-0.15, -0.1) is 0 Å². The standard InChI is InChI=1S/C16H28BNO4/c1-14(2,3)20-13(19)17-21-15(4,5)16(6,22-17)12-18-10-8-7-9-11-18/h7-8H,9-12H2,1-6H3. The molecule has 0 aromatic carbocycles. The molecule has 0 N–H and O–H groups in total. The van der Waals surface area contributed by atoms with Crippen LogP contribution in [0.25, 0.3) is 0 Å². The van der Waals surface area contributed by atoms with Crippen molar-refractivity contribution in [2.75, 3.05) is 19.6 Å². The Kier molecular flexibility index (Phi) is 4.76. The Bertz CT molecular complexity index is 458. The molecule has 2 aliphatic heterocycles. The van der Waals surface area contributed by atoms with E-state index in [2.05, 4.69) is 17.1 Å². The van der Waals surface area contributed by atoms with E-state index >= 15 is 0 Å². The van der Waals surface area contributed by atoms with Crippen LogP contribution in [0.15, 0.2) is 12.2 Å². The van der Waals surface area contributed by atoms with Gasteiger partial charge in [0, 0.05) is 19.6 Å². The fraction of sp³-hybridized carbons (Fsp3) is 0.812. The Morgan fingerprint density at radius 2 is 1.95 bits per heavy atom. The van der Waals surface area contributed by atoms with Crippen molar-refractivity contribution in [2.45, 2.75) is 64.8 Å². The lowest BCUT2D eigenvalue weighted by molar-refractivity contribution is -0.0322. The van der Waals surface area contributed by atoms with Crippen molar-refractivity contribution >= 4 is 13.0 Å². The van der Waals surface area contributed by atoms with Crippen LogP contribution in [0.1, 0.15) is 48.0 Å². The Morgan fingerprint density at radius 3 is 2.50 bits per heavy atom. The van der Waals surface area contributed by atoms with E-state index in [1.165, 1.54) is 0 Å². The number of nitrogens with zero attached hydrogens (tertiary/aromatic N) is 1. The van der Waals surface area contributed by atoms with Crippen molar-refractivity contribution in [2.24, 2.45) is 0 Å². The Morgan fingerprint density at radius 1 is 1.27 bits per heavy atom. The average Bonchev–Trinajstić information content (AvgIpc) is 2.59. The van der Waals surface area contributed by atoms with Crippen molar-refractivity contribution in [3.05, 3.63) is 12.2 Å². The van der Waals surface area contributed by atoms with Crippen molar-refractivity contribution in [1.29, 1.82) is 0 Å². The molecule has 6 heteroatoms. The number of rotatable bonds is 3. The van der Waals surface area contributed by atoms with Crippen LogP contribution in [0.4, 0.5) is 4.79 Å². The Hall–Kier alpha value is -0.845. The summed E-state index contributed by atoms with van der Waals surface area (Å²) >= 11 is 0. The van der Waals surface area contributed by atoms with Crippen LogP contribution >= 0.6 is 0 Å². The molecular weight excluding hydrogens is 281 g/mol. The highest BCUT2D eigenvalue weighted by Crippen LogP contribution is 2.38. The maximum absolute atomic E-state index is 12.2. The van der Waals surface area contributed by atoms with Gasteiger partial charge in [-0.2, -0.15) is 0 Å². The summed E-state index contributed by atoms with van der Waals surface area (Å²) in [5.41, 5.74) is -1.67. The maximum atomic E-state index is 12.2. The molecule has 1 saturated heterocycles. The van der Waals surface area contributed by atoms with Crippen molar-refractivity contribution in [3.8, 4) is 0 Å². The van der Waals surface area contributed by atoms with E-state index in [0.29, 0.717) is 0 Å². The second-order valence-corrected chi connectivity index (χ2v) is 7.84. The molecule has 1 fully saturated rings. The minimum atomic E-state index is -0.959. The van der Waals surface area contributed by atoms with Crippen LogP contribution in [0, 0.1) is 0 Å². The second kappa shape index (κ2) is 5.98. The van der Waals surface area contributed by atoms with Gasteiger partial charge in [-0.3, -0.25) is 9.69 Å². The fourth-order valence-electron chi connectivity index (χ4n) is 2.73. The first-order valence-electron chi connectivity index (χ1n) is 7.98. The summed E-state index contributed by atoms with van der Waals surface area (Å²) in [7, 11) is -0.959. The van der Waals surface area contributed by atoms with E-state index in [4.69, 9.17) is 14.0 Å². The van der Waals surface area contributed by atoms with E-state index in [-0.39, 0.29) is 0 Å². The summed E-state index contributed by atoms with van der Waals surface area (Å²) in [4.78, 5) is 14.6. The van der Waals surface area contributed by atoms with Gasteiger partial charge in [0.15, 0.2) is 0 Å². The van der Waals surface area contributed by atoms with Crippen LogP contribution in [0.3, 0.4) is 0 Å². The van der Waals surface area contributed by atoms with Crippen LogP contribution < -0.4 is 0 Å². The van der Waals surface area contributed by atoms with Crippen molar-refractivity contribution in [1.82, 2.24) is 4.90 Å². The van der Waals surface area contributed by atoms with Gasteiger partial charge in [-0.25, -0.2) is 0 Å². The molecule has 0 aromatic rings. The van der Waals surface area contributed by atoms with Gasteiger partial charge in [0.1, 0.15) is 5.60 Å². The lowest BCUT2D eigenvalue weighted by atomic mass is 9.87. The quantitative estimate of drug-likeness (QED) is 0.592. The van der Waals surface area contributed by atoms with Gasteiger partial charge in [0.2, 0.25) is 0 Å². The zero-order valence-corrected chi connectivity index (χ0v) is 14.6. The number of ether oxygens (including phenoxy) is 1. The molecule has 124 valence electrons. The maximum Gasteiger partial charge on any atom is 0.585 e. The summed E-state index contributed by atoms with van der Waals surface area (Å²) < 4.78 is 17.3. The van der Waals surface area contributed by atoms with Crippen LogP contribution in [-0.2, 0) is 14.0 Å². The molecule has 2 aliphatic rings. The monoisotopic (exact) mass is 309 g/mol.